The molecule has 7 nitrogen and oxygen atoms in total. The van der Waals surface area contributed by atoms with E-state index in [0.29, 0.717) is 24.2 Å². The van der Waals surface area contributed by atoms with Gasteiger partial charge >= 0.3 is 0 Å². The summed E-state index contributed by atoms with van der Waals surface area (Å²) in [6.45, 7) is -0.172. The van der Waals surface area contributed by atoms with E-state index >= 15 is 0 Å². The molecular formula is C19H21N3O4. The zero-order valence-electron chi connectivity index (χ0n) is 14.4. The zero-order valence-corrected chi connectivity index (χ0v) is 14.4. The van der Waals surface area contributed by atoms with Gasteiger partial charge < -0.3 is 15.2 Å². The van der Waals surface area contributed by atoms with Crippen molar-refractivity contribution in [2.75, 3.05) is 13.7 Å². The third kappa shape index (κ3) is 5.94. The van der Waals surface area contributed by atoms with E-state index in [1.807, 2.05) is 30.3 Å². The Balaban J connectivity index is 1.72. The maximum absolute atomic E-state index is 11.8. The lowest BCUT2D eigenvalue weighted by Gasteiger charge is -2.06. The molecule has 0 atom stereocenters. The van der Waals surface area contributed by atoms with E-state index in [2.05, 4.69) is 15.8 Å². The monoisotopic (exact) mass is 355 g/mol. The molecular weight excluding hydrogens is 334 g/mol. The van der Waals surface area contributed by atoms with Crippen LogP contribution in [0.15, 0.2) is 53.6 Å². The Morgan fingerprint density at radius 3 is 2.62 bits per heavy atom. The smallest absolute Gasteiger partial charge is 0.259 e. The molecule has 2 rings (SSSR count). The number of para-hydroxylation sites is 1. The van der Waals surface area contributed by atoms with Crippen LogP contribution in [0.5, 0.6) is 11.5 Å². The first-order valence-corrected chi connectivity index (χ1v) is 8.08. The molecule has 0 saturated carbocycles. The summed E-state index contributed by atoms with van der Waals surface area (Å²) in [5.74, 6) is -0.428. The third-order valence-electron chi connectivity index (χ3n) is 3.57. The standard InChI is InChI=1S/C19H21N3O4/c1-26-16-9-5-8-15(19(16)25)12-21-22-18(24)13-20-17(23)11-10-14-6-3-2-4-7-14/h2-9,12,25H,10-11,13H2,1H3,(H,20,23)(H,22,24)/b21-12+. The van der Waals surface area contributed by atoms with Crippen molar-refractivity contribution in [1.29, 1.82) is 0 Å². The number of nitrogens with zero attached hydrogens (tertiary/aromatic N) is 1. The minimum absolute atomic E-state index is 0.0674. The van der Waals surface area contributed by atoms with Crippen molar-refractivity contribution in [2.24, 2.45) is 5.10 Å². The van der Waals surface area contributed by atoms with Crippen molar-refractivity contribution in [3.05, 3.63) is 59.7 Å². The van der Waals surface area contributed by atoms with Crippen molar-refractivity contribution in [1.82, 2.24) is 10.7 Å². The van der Waals surface area contributed by atoms with Gasteiger partial charge in [0.2, 0.25) is 5.91 Å². The van der Waals surface area contributed by atoms with Crippen LogP contribution in [-0.2, 0) is 16.0 Å². The third-order valence-corrected chi connectivity index (χ3v) is 3.57. The number of ether oxygens (including phenoxy) is 1. The summed E-state index contributed by atoms with van der Waals surface area (Å²) >= 11 is 0. The van der Waals surface area contributed by atoms with Gasteiger partial charge in [-0.1, -0.05) is 36.4 Å². The number of benzene rings is 2. The number of hydrazone groups is 1. The van der Waals surface area contributed by atoms with Crippen molar-refractivity contribution < 1.29 is 19.4 Å². The first-order valence-electron chi connectivity index (χ1n) is 8.08. The van der Waals surface area contributed by atoms with Gasteiger partial charge in [0, 0.05) is 12.0 Å². The number of aromatic hydroxyl groups is 1. The molecule has 0 fully saturated rings. The molecule has 136 valence electrons. The highest BCUT2D eigenvalue weighted by Gasteiger charge is 2.07. The fourth-order valence-corrected chi connectivity index (χ4v) is 2.19. The van der Waals surface area contributed by atoms with Crippen molar-refractivity contribution >= 4 is 18.0 Å². The molecule has 0 radical (unpaired) electrons. The maximum Gasteiger partial charge on any atom is 0.259 e. The molecule has 2 amide bonds. The number of amides is 2. The topological polar surface area (TPSA) is 100 Å². The lowest BCUT2D eigenvalue weighted by molar-refractivity contribution is -0.126. The number of carbonyl (C=O) groups excluding carboxylic acids is 2. The van der Waals surface area contributed by atoms with Gasteiger partial charge in [-0.05, 0) is 24.1 Å². The summed E-state index contributed by atoms with van der Waals surface area (Å²) in [4.78, 5) is 23.4. The van der Waals surface area contributed by atoms with Gasteiger partial charge in [-0.25, -0.2) is 5.43 Å². The summed E-state index contributed by atoms with van der Waals surface area (Å²) in [5.41, 5.74) is 3.75. The molecule has 0 aliphatic carbocycles. The summed E-state index contributed by atoms with van der Waals surface area (Å²) in [6.07, 6.45) is 2.22. The summed E-state index contributed by atoms with van der Waals surface area (Å²) in [6, 6.07) is 14.6. The van der Waals surface area contributed by atoms with Crippen molar-refractivity contribution in [3.8, 4) is 11.5 Å². The molecule has 0 bridgehead atoms. The summed E-state index contributed by atoms with van der Waals surface area (Å²) in [5, 5.41) is 16.2. The average molecular weight is 355 g/mol. The molecule has 0 heterocycles. The number of hydrogen-bond acceptors (Lipinski definition) is 5. The molecule has 2 aromatic carbocycles. The normalized spacial score (nSPS) is 10.5. The fraction of sp³-hybridized carbons (Fsp3) is 0.211. The number of phenolic OH excluding ortho intramolecular Hbond substituents is 1. The van der Waals surface area contributed by atoms with Crippen LogP contribution in [0, 0.1) is 0 Å². The van der Waals surface area contributed by atoms with E-state index in [9.17, 15) is 14.7 Å². The average Bonchev–Trinajstić information content (AvgIpc) is 2.67. The molecule has 26 heavy (non-hydrogen) atoms. The highest BCUT2D eigenvalue weighted by molar-refractivity contribution is 5.88. The van der Waals surface area contributed by atoms with Crippen LogP contribution >= 0.6 is 0 Å². The van der Waals surface area contributed by atoms with Gasteiger partial charge in [0.1, 0.15) is 0 Å². The molecule has 2 aromatic rings. The number of rotatable bonds is 8. The molecule has 0 spiro atoms. The Morgan fingerprint density at radius 2 is 1.88 bits per heavy atom. The largest absolute Gasteiger partial charge is 0.504 e. The molecule has 0 saturated heterocycles. The summed E-state index contributed by atoms with van der Waals surface area (Å²) < 4.78 is 4.99. The van der Waals surface area contributed by atoms with Crippen LogP contribution in [0.4, 0.5) is 0 Å². The van der Waals surface area contributed by atoms with Crippen LogP contribution < -0.4 is 15.5 Å². The molecule has 3 N–H and O–H groups in total. The van der Waals surface area contributed by atoms with Crippen molar-refractivity contribution in [2.45, 2.75) is 12.8 Å². The van der Waals surface area contributed by atoms with Gasteiger partial charge in [0.05, 0.1) is 19.9 Å². The van der Waals surface area contributed by atoms with E-state index in [0.717, 1.165) is 5.56 Å². The predicted octanol–water partition coefficient (Wildman–Crippen LogP) is 1.60. The number of aryl methyl sites for hydroxylation is 1. The molecule has 0 aliphatic heterocycles. The summed E-state index contributed by atoms with van der Waals surface area (Å²) in [7, 11) is 1.44. The number of methoxy groups -OCH3 is 1. The molecule has 0 aromatic heterocycles. The van der Waals surface area contributed by atoms with E-state index in [1.54, 1.807) is 18.2 Å². The van der Waals surface area contributed by atoms with Gasteiger partial charge in [0.25, 0.3) is 5.91 Å². The van der Waals surface area contributed by atoms with Gasteiger partial charge in [-0.3, -0.25) is 9.59 Å². The van der Waals surface area contributed by atoms with E-state index in [1.165, 1.54) is 13.3 Å². The molecule has 7 heteroatoms. The Kier molecular flexibility index (Phi) is 7.17. The second-order valence-corrected chi connectivity index (χ2v) is 5.45. The Hall–Kier alpha value is -3.35. The lowest BCUT2D eigenvalue weighted by atomic mass is 10.1. The Bertz CT molecular complexity index is 776. The first-order chi connectivity index (χ1) is 12.6. The number of phenols is 1. The van der Waals surface area contributed by atoms with Crippen LogP contribution in [0.1, 0.15) is 17.5 Å². The Labute approximate surface area is 151 Å². The quantitative estimate of drug-likeness (QED) is 0.495. The van der Waals surface area contributed by atoms with Crippen LogP contribution in [0.25, 0.3) is 0 Å². The van der Waals surface area contributed by atoms with Gasteiger partial charge in [-0.15, -0.1) is 0 Å². The lowest BCUT2D eigenvalue weighted by Crippen LogP contribution is -2.35. The zero-order chi connectivity index (χ0) is 18.8. The van der Waals surface area contributed by atoms with Gasteiger partial charge in [0.15, 0.2) is 11.5 Å². The number of hydrogen-bond donors (Lipinski definition) is 3. The Morgan fingerprint density at radius 1 is 1.12 bits per heavy atom. The van der Waals surface area contributed by atoms with Crippen LogP contribution in [0.2, 0.25) is 0 Å². The van der Waals surface area contributed by atoms with Crippen molar-refractivity contribution in [3.63, 3.8) is 0 Å². The SMILES string of the molecule is COc1cccc(/C=N/NC(=O)CNC(=O)CCc2ccccc2)c1O. The maximum atomic E-state index is 11.8. The highest BCUT2D eigenvalue weighted by Crippen LogP contribution is 2.27. The fourth-order valence-electron chi connectivity index (χ4n) is 2.19. The second kappa shape index (κ2) is 9.83. The minimum atomic E-state index is -0.461. The predicted molar refractivity (Wildman–Crippen MR) is 98.2 cm³/mol. The van der Waals surface area contributed by atoms with Crippen LogP contribution in [-0.4, -0.2) is 36.8 Å². The second-order valence-electron chi connectivity index (χ2n) is 5.45. The number of carbonyl (C=O) groups is 2. The molecule has 0 aliphatic rings. The van der Waals surface area contributed by atoms with E-state index < -0.39 is 5.91 Å². The van der Waals surface area contributed by atoms with Gasteiger partial charge in [-0.2, -0.15) is 5.10 Å². The number of nitrogens with one attached hydrogen (secondary N) is 2. The van der Waals surface area contributed by atoms with E-state index in [4.69, 9.17) is 4.74 Å². The first kappa shape index (κ1) is 19.0. The highest BCUT2D eigenvalue weighted by atomic mass is 16.5. The molecule has 0 unspecified atom stereocenters. The minimum Gasteiger partial charge on any atom is -0.504 e. The van der Waals surface area contributed by atoms with Crippen LogP contribution in [0.3, 0.4) is 0 Å². The van der Waals surface area contributed by atoms with E-state index in [-0.39, 0.29) is 18.2 Å².